The van der Waals surface area contributed by atoms with Crippen molar-refractivity contribution in [1.82, 2.24) is 4.90 Å². The van der Waals surface area contributed by atoms with Crippen LogP contribution >= 0.6 is 0 Å². The molecule has 1 aromatic rings. The van der Waals surface area contributed by atoms with Crippen molar-refractivity contribution in [2.45, 2.75) is 26.1 Å². The van der Waals surface area contributed by atoms with Crippen molar-refractivity contribution < 1.29 is 28.7 Å². The summed E-state index contributed by atoms with van der Waals surface area (Å²) in [4.78, 5) is 36.1. The Bertz CT molecular complexity index is 666. The number of amides is 1. The number of ether oxygens (including phenoxy) is 3. The smallest absolute Gasteiger partial charge is 0.338 e. The third-order valence-corrected chi connectivity index (χ3v) is 3.71. The molecule has 0 spiro atoms. The van der Waals surface area contributed by atoms with Crippen molar-refractivity contribution in [3.8, 4) is 5.75 Å². The van der Waals surface area contributed by atoms with Crippen LogP contribution in [0.5, 0.6) is 5.75 Å². The molecule has 0 saturated carbocycles. The molecule has 2 rings (SSSR count). The van der Waals surface area contributed by atoms with Gasteiger partial charge in [-0.3, -0.25) is 14.9 Å². The van der Waals surface area contributed by atoms with Gasteiger partial charge in [-0.2, -0.15) is 0 Å². The Kier molecular flexibility index (Phi) is 5.92. The third-order valence-electron chi connectivity index (χ3n) is 3.71. The molecule has 1 aliphatic heterocycles. The number of nitrogens with zero attached hydrogens (tertiary/aromatic N) is 2. The van der Waals surface area contributed by atoms with E-state index in [1.165, 1.54) is 19.2 Å². The van der Waals surface area contributed by atoms with Gasteiger partial charge in [0.25, 0.3) is 5.91 Å². The lowest BCUT2D eigenvalue weighted by atomic mass is 10.2. The summed E-state index contributed by atoms with van der Waals surface area (Å²) in [5.74, 6) is -1.11. The summed E-state index contributed by atoms with van der Waals surface area (Å²) in [6.07, 6.45) is -0.180. The van der Waals surface area contributed by atoms with Crippen LogP contribution in [0.25, 0.3) is 0 Å². The number of morpholine rings is 1. The van der Waals surface area contributed by atoms with Crippen LogP contribution in [0.3, 0.4) is 0 Å². The molecule has 0 aromatic heterocycles. The normalized spacial score (nSPS) is 20.0. The second kappa shape index (κ2) is 7.93. The average Bonchev–Trinajstić information content (AvgIpc) is 2.57. The number of rotatable bonds is 5. The van der Waals surface area contributed by atoms with E-state index in [0.717, 1.165) is 6.07 Å². The Hall–Kier alpha value is -2.68. The molecule has 0 radical (unpaired) electrons. The van der Waals surface area contributed by atoms with Crippen molar-refractivity contribution in [1.29, 1.82) is 0 Å². The molecular weight excluding hydrogens is 332 g/mol. The van der Waals surface area contributed by atoms with Crippen LogP contribution in [-0.2, 0) is 14.3 Å². The van der Waals surface area contributed by atoms with Crippen LogP contribution in [0, 0.1) is 10.1 Å². The van der Waals surface area contributed by atoms with Gasteiger partial charge in [-0.25, -0.2) is 4.79 Å². The lowest BCUT2D eigenvalue weighted by Crippen LogP contribution is -2.49. The highest BCUT2D eigenvalue weighted by atomic mass is 16.6. The molecule has 1 aromatic carbocycles. The second-order valence-corrected chi connectivity index (χ2v) is 5.78. The maximum Gasteiger partial charge on any atom is 0.338 e. The Morgan fingerprint density at radius 2 is 1.96 bits per heavy atom. The highest BCUT2D eigenvalue weighted by Crippen LogP contribution is 2.27. The molecule has 0 N–H and O–H groups in total. The van der Waals surface area contributed by atoms with Crippen LogP contribution in [0.1, 0.15) is 24.2 Å². The molecule has 136 valence electrons. The van der Waals surface area contributed by atoms with Crippen LogP contribution < -0.4 is 4.74 Å². The summed E-state index contributed by atoms with van der Waals surface area (Å²) in [6, 6.07) is 3.71. The van der Waals surface area contributed by atoms with Crippen molar-refractivity contribution in [3.05, 3.63) is 33.9 Å². The van der Waals surface area contributed by atoms with Gasteiger partial charge in [-0.05, 0) is 26.0 Å². The van der Waals surface area contributed by atoms with E-state index in [1.807, 2.05) is 13.8 Å². The zero-order valence-electron chi connectivity index (χ0n) is 14.3. The van der Waals surface area contributed by atoms with Crippen LogP contribution in [-0.4, -0.2) is 60.7 Å². The van der Waals surface area contributed by atoms with E-state index in [-0.39, 0.29) is 35.1 Å². The predicted molar refractivity (Wildman–Crippen MR) is 86.5 cm³/mol. The largest absolute Gasteiger partial charge is 0.490 e. The van der Waals surface area contributed by atoms with E-state index in [9.17, 15) is 19.7 Å². The first kappa shape index (κ1) is 18.7. The lowest BCUT2D eigenvalue weighted by molar-refractivity contribution is -0.385. The number of carbonyl (C=O) groups excluding carboxylic acids is 2. The minimum atomic E-state index is -0.812. The Balaban J connectivity index is 1.99. The van der Waals surface area contributed by atoms with Crippen molar-refractivity contribution in [3.63, 3.8) is 0 Å². The van der Waals surface area contributed by atoms with Crippen LogP contribution in [0.4, 0.5) is 5.69 Å². The van der Waals surface area contributed by atoms with Gasteiger partial charge in [0.1, 0.15) is 0 Å². The summed E-state index contributed by atoms with van der Waals surface area (Å²) in [7, 11) is 1.29. The van der Waals surface area contributed by atoms with Gasteiger partial charge < -0.3 is 19.1 Å². The van der Waals surface area contributed by atoms with Gasteiger partial charge in [0.2, 0.25) is 0 Å². The van der Waals surface area contributed by atoms with Crippen molar-refractivity contribution in [2.24, 2.45) is 0 Å². The zero-order valence-corrected chi connectivity index (χ0v) is 14.3. The van der Waals surface area contributed by atoms with Gasteiger partial charge in [0.05, 0.1) is 29.8 Å². The number of benzene rings is 1. The molecule has 0 unspecified atom stereocenters. The Morgan fingerprint density at radius 1 is 1.32 bits per heavy atom. The summed E-state index contributed by atoms with van der Waals surface area (Å²) in [5.41, 5.74) is -0.372. The third kappa shape index (κ3) is 4.66. The number of methoxy groups -OCH3 is 1. The van der Waals surface area contributed by atoms with Crippen molar-refractivity contribution >= 4 is 17.6 Å². The van der Waals surface area contributed by atoms with E-state index >= 15 is 0 Å². The molecule has 1 heterocycles. The first-order valence-electron chi connectivity index (χ1n) is 7.74. The first-order valence-corrected chi connectivity index (χ1v) is 7.74. The van der Waals surface area contributed by atoms with Gasteiger partial charge in [0, 0.05) is 19.2 Å². The summed E-state index contributed by atoms with van der Waals surface area (Å²) < 4.78 is 15.4. The number of nitro groups is 1. The van der Waals surface area contributed by atoms with E-state index in [4.69, 9.17) is 14.2 Å². The van der Waals surface area contributed by atoms with E-state index < -0.39 is 17.5 Å². The van der Waals surface area contributed by atoms with Crippen LogP contribution in [0.15, 0.2) is 18.2 Å². The van der Waals surface area contributed by atoms with Gasteiger partial charge >= 0.3 is 11.7 Å². The number of carbonyl (C=O) groups is 2. The molecular formula is C16H20N2O7. The zero-order chi connectivity index (χ0) is 18.6. The molecule has 1 fully saturated rings. The van der Waals surface area contributed by atoms with Gasteiger partial charge in [-0.1, -0.05) is 0 Å². The maximum absolute atomic E-state index is 12.2. The van der Waals surface area contributed by atoms with E-state index in [1.54, 1.807) is 4.90 Å². The fraction of sp³-hybridized carbons (Fsp3) is 0.500. The molecule has 25 heavy (non-hydrogen) atoms. The molecule has 9 heteroatoms. The molecule has 1 aliphatic rings. The second-order valence-electron chi connectivity index (χ2n) is 5.78. The van der Waals surface area contributed by atoms with Gasteiger partial charge in [-0.15, -0.1) is 0 Å². The molecule has 0 aliphatic carbocycles. The molecule has 9 nitrogen and oxygen atoms in total. The lowest BCUT2D eigenvalue weighted by Gasteiger charge is -2.35. The predicted octanol–water partition coefficient (Wildman–Crippen LogP) is 1.40. The van der Waals surface area contributed by atoms with E-state index in [0.29, 0.717) is 13.1 Å². The summed E-state index contributed by atoms with van der Waals surface area (Å²) >= 11 is 0. The molecule has 2 atom stereocenters. The average molecular weight is 352 g/mol. The van der Waals surface area contributed by atoms with Gasteiger partial charge in [0.15, 0.2) is 12.4 Å². The van der Waals surface area contributed by atoms with Crippen molar-refractivity contribution in [2.75, 3.05) is 26.8 Å². The fourth-order valence-electron chi connectivity index (χ4n) is 2.64. The molecule has 0 bridgehead atoms. The standard InChI is InChI=1S/C16H20N2O7/c1-10-7-17(8-11(2)25-10)15(19)9-24-16(20)12-4-5-14(23-3)13(6-12)18(21)22/h4-6,10-11H,7-9H2,1-3H3/t10-,11+. The number of nitro benzene ring substituents is 1. The Labute approximate surface area is 144 Å². The topological polar surface area (TPSA) is 108 Å². The maximum atomic E-state index is 12.2. The van der Waals surface area contributed by atoms with E-state index in [2.05, 4.69) is 0 Å². The number of hydrogen-bond acceptors (Lipinski definition) is 7. The molecule has 1 amide bonds. The molecule has 1 saturated heterocycles. The minimum absolute atomic E-state index is 0.0241. The minimum Gasteiger partial charge on any atom is -0.490 e. The number of esters is 1. The fourth-order valence-corrected chi connectivity index (χ4v) is 2.64. The van der Waals surface area contributed by atoms with Crippen LogP contribution in [0.2, 0.25) is 0 Å². The quantitative estimate of drug-likeness (QED) is 0.447. The summed E-state index contributed by atoms with van der Waals surface area (Å²) in [6.45, 7) is 4.14. The Morgan fingerprint density at radius 3 is 2.52 bits per heavy atom. The first-order chi connectivity index (χ1) is 11.8. The monoisotopic (exact) mass is 352 g/mol. The summed E-state index contributed by atoms with van der Waals surface area (Å²) in [5, 5.41) is 11.0. The SMILES string of the molecule is COc1ccc(C(=O)OCC(=O)N2C[C@@H](C)O[C@@H](C)C2)cc1[N+](=O)[O-]. The number of hydrogen-bond donors (Lipinski definition) is 0. The highest BCUT2D eigenvalue weighted by molar-refractivity contribution is 5.92. The highest BCUT2D eigenvalue weighted by Gasteiger charge is 2.27.